The Morgan fingerprint density at radius 1 is 0.947 bits per heavy atom. The molecule has 100 valence electrons. The Kier molecular flexibility index (Phi) is 4.66. The lowest BCUT2D eigenvalue weighted by Gasteiger charge is -2.08. The van der Waals surface area contributed by atoms with Crippen LogP contribution in [0.2, 0.25) is 5.02 Å². The molecule has 0 aromatic heterocycles. The highest BCUT2D eigenvalue weighted by molar-refractivity contribution is 6.30. The van der Waals surface area contributed by atoms with E-state index in [2.05, 4.69) is 5.32 Å². The van der Waals surface area contributed by atoms with Gasteiger partial charge in [-0.1, -0.05) is 35.9 Å². The molecule has 0 aliphatic heterocycles. The van der Waals surface area contributed by atoms with Gasteiger partial charge in [-0.3, -0.25) is 0 Å². The first-order valence-electron chi connectivity index (χ1n) is 6.12. The Balaban J connectivity index is 1.83. The Bertz CT molecular complexity index is 558. The summed E-state index contributed by atoms with van der Waals surface area (Å²) in [5, 5.41) is 23.1. The number of hydrogen-bond donors (Lipinski definition) is 3. The molecule has 3 N–H and O–H groups in total. The molecule has 0 unspecified atom stereocenters. The molecule has 0 atom stereocenters. The molecule has 19 heavy (non-hydrogen) atoms. The molecule has 0 spiro atoms. The van der Waals surface area contributed by atoms with Crippen LogP contribution in [0.5, 0.6) is 11.5 Å². The van der Waals surface area contributed by atoms with Crippen molar-refractivity contribution < 1.29 is 10.2 Å². The zero-order valence-corrected chi connectivity index (χ0v) is 11.2. The fourth-order valence-electron chi connectivity index (χ4n) is 1.85. The van der Waals surface area contributed by atoms with Crippen molar-refractivity contribution in [2.75, 3.05) is 6.54 Å². The molecular formula is C15H16ClNO2. The van der Waals surface area contributed by atoms with Crippen molar-refractivity contribution in [2.45, 2.75) is 13.0 Å². The first kappa shape index (κ1) is 13.7. The zero-order valence-electron chi connectivity index (χ0n) is 10.4. The van der Waals surface area contributed by atoms with Crippen molar-refractivity contribution in [2.24, 2.45) is 0 Å². The molecular weight excluding hydrogens is 262 g/mol. The average molecular weight is 278 g/mol. The van der Waals surface area contributed by atoms with Crippen LogP contribution in [0.15, 0.2) is 42.5 Å². The van der Waals surface area contributed by atoms with Crippen LogP contribution < -0.4 is 5.32 Å². The number of benzene rings is 2. The summed E-state index contributed by atoms with van der Waals surface area (Å²) in [5.74, 6) is 0.515. The highest BCUT2D eigenvalue weighted by Gasteiger charge is 2.02. The molecule has 0 fully saturated rings. The van der Waals surface area contributed by atoms with Crippen LogP contribution in [0.3, 0.4) is 0 Å². The minimum atomic E-state index is 0.219. The molecule has 4 heteroatoms. The fourth-order valence-corrected chi connectivity index (χ4v) is 2.02. The average Bonchev–Trinajstić information content (AvgIpc) is 2.38. The third-order valence-electron chi connectivity index (χ3n) is 2.93. The summed E-state index contributed by atoms with van der Waals surface area (Å²) < 4.78 is 0. The van der Waals surface area contributed by atoms with Crippen molar-refractivity contribution in [1.82, 2.24) is 5.32 Å². The lowest BCUT2D eigenvalue weighted by molar-refractivity contribution is 0.461. The molecule has 3 nitrogen and oxygen atoms in total. The van der Waals surface area contributed by atoms with Gasteiger partial charge < -0.3 is 15.5 Å². The van der Waals surface area contributed by atoms with Crippen molar-refractivity contribution in [1.29, 1.82) is 0 Å². The third kappa shape index (κ3) is 3.88. The quantitative estimate of drug-likeness (QED) is 0.736. The van der Waals surface area contributed by atoms with Crippen LogP contribution in [0.1, 0.15) is 11.1 Å². The number of nitrogens with one attached hydrogen (secondary N) is 1. The van der Waals surface area contributed by atoms with Gasteiger partial charge in [-0.05, 0) is 36.7 Å². The second-order valence-corrected chi connectivity index (χ2v) is 4.76. The summed E-state index contributed by atoms with van der Waals surface area (Å²) >= 11 is 5.77. The van der Waals surface area contributed by atoms with Crippen molar-refractivity contribution in [3.8, 4) is 11.5 Å². The topological polar surface area (TPSA) is 52.5 Å². The SMILES string of the molecule is Oc1cc(Cl)ccc1CCNCc1ccccc1O. The van der Waals surface area contributed by atoms with E-state index in [0.29, 0.717) is 30.3 Å². The van der Waals surface area contributed by atoms with E-state index < -0.39 is 0 Å². The van der Waals surface area contributed by atoms with Crippen molar-refractivity contribution >= 4 is 11.6 Å². The van der Waals surface area contributed by atoms with Gasteiger partial charge in [0.15, 0.2) is 0 Å². The second-order valence-electron chi connectivity index (χ2n) is 4.33. The maximum Gasteiger partial charge on any atom is 0.120 e. The van der Waals surface area contributed by atoms with Gasteiger partial charge in [0.2, 0.25) is 0 Å². The van der Waals surface area contributed by atoms with Gasteiger partial charge in [0.25, 0.3) is 0 Å². The van der Waals surface area contributed by atoms with Gasteiger partial charge in [-0.15, -0.1) is 0 Å². The van der Waals surface area contributed by atoms with Crippen LogP contribution in [0.25, 0.3) is 0 Å². The summed E-state index contributed by atoms with van der Waals surface area (Å²) in [6.45, 7) is 1.31. The third-order valence-corrected chi connectivity index (χ3v) is 3.16. The number of hydrogen-bond acceptors (Lipinski definition) is 3. The summed E-state index contributed by atoms with van der Waals surface area (Å²) in [6.07, 6.45) is 0.705. The van der Waals surface area contributed by atoms with Gasteiger partial charge in [0.05, 0.1) is 0 Å². The Hall–Kier alpha value is -1.71. The molecule has 0 saturated carbocycles. The lowest BCUT2D eigenvalue weighted by Crippen LogP contribution is -2.16. The molecule has 2 aromatic rings. The first-order valence-corrected chi connectivity index (χ1v) is 6.49. The highest BCUT2D eigenvalue weighted by atomic mass is 35.5. The summed E-state index contributed by atoms with van der Waals surface area (Å²) in [5.41, 5.74) is 1.72. The maximum atomic E-state index is 9.70. The highest BCUT2D eigenvalue weighted by Crippen LogP contribution is 2.22. The maximum absolute atomic E-state index is 9.70. The number of para-hydroxylation sites is 1. The predicted octanol–water partition coefficient (Wildman–Crippen LogP) is 3.08. The molecule has 0 bridgehead atoms. The molecule has 2 rings (SSSR count). The second kappa shape index (κ2) is 6.45. The number of phenolic OH excluding ortho intramolecular Hbond substituents is 2. The number of halogens is 1. The Morgan fingerprint density at radius 3 is 2.47 bits per heavy atom. The van der Waals surface area contributed by atoms with Crippen LogP contribution in [0, 0.1) is 0 Å². The van der Waals surface area contributed by atoms with Crippen LogP contribution in [-0.2, 0) is 13.0 Å². The van der Waals surface area contributed by atoms with Gasteiger partial charge in [0, 0.05) is 17.1 Å². The van der Waals surface area contributed by atoms with E-state index in [4.69, 9.17) is 11.6 Å². The van der Waals surface area contributed by atoms with E-state index in [1.54, 1.807) is 24.3 Å². The van der Waals surface area contributed by atoms with E-state index in [0.717, 1.165) is 11.1 Å². The van der Waals surface area contributed by atoms with Crippen molar-refractivity contribution in [3.05, 3.63) is 58.6 Å². The Labute approximate surface area is 117 Å². The molecule has 0 aliphatic carbocycles. The van der Waals surface area contributed by atoms with Crippen molar-refractivity contribution in [3.63, 3.8) is 0 Å². The van der Waals surface area contributed by atoms with Crippen LogP contribution in [-0.4, -0.2) is 16.8 Å². The van der Waals surface area contributed by atoms with Crippen LogP contribution >= 0.6 is 11.6 Å². The first-order chi connectivity index (χ1) is 9.16. The van der Waals surface area contributed by atoms with E-state index >= 15 is 0 Å². The minimum absolute atomic E-state index is 0.219. The van der Waals surface area contributed by atoms with Crippen LogP contribution in [0.4, 0.5) is 0 Å². The molecule has 0 aliphatic rings. The standard InChI is InChI=1S/C15H16ClNO2/c16-13-6-5-11(15(19)9-13)7-8-17-10-12-3-1-2-4-14(12)18/h1-6,9,17-19H,7-8,10H2. The van der Waals surface area contributed by atoms with Gasteiger partial charge in [0.1, 0.15) is 11.5 Å². The predicted molar refractivity (Wildman–Crippen MR) is 76.6 cm³/mol. The van der Waals surface area contributed by atoms with E-state index in [9.17, 15) is 10.2 Å². The molecule has 0 radical (unpaired) electrons. The monoisotopic (exact) mass is 277 g/mol. The van der Waals surface area contributed by atoms with Gasteiger partial charge in [-0.25, -0.2) is 0 Å². The number of rotatable bonds is 5. The lowest BCUT2D eigenvalue weighted by atomic mass is 10.1. The van der Waals surface area contributed by atoms with E-state index in [-0.39, 0.29) is 5.75 Å². The van der Waals surface area contributed by atoms with Gasteiger partial charge in [-0.2, -0.15) is 0 Å². The summed E-state index contributed by atoms with van der Waals surface area (Å²) in [4.78, 5) is 0. The van der Waals surface area contributed by atoms with Gasteiger partial charge >= 0.3 is 0 Å². The molecule has 0 saturated heterocycles. The van der Waals surface area contributed by atoms with E-state index in [1.807, 2.05) is 18.2 Å². The molecule has 2 aromatic carbocycles. The number of aromatic hydroxyl groups is 2. The fraction of sp³-hybridized carbons (Fsp3) is 0.200. The summed E-state index contributed by atoms with van der Waals surface area (Å²) in [6, 6.07) is 12.4. The molecule has 0 heterocycles. The van der Waals surface area contributed by atoms with E-state index in [1.165, 1.54) is 0 Å². The smallest absolute Gasteiger partial charge is 0.120 e. The minimum Gasteiger partial charge on any atom is -0.508 e. The Morgan fingerprint density at radius 2 is 1.74 bits per heavy atom. The normalized spacial score (nSPS) is 10.6. The zero-order chi connectivity index (χ0) is 13.7. The molecule has 0 amide bonds. The number of phenols is 2. The largest absolute Gasteiger partial charge is 0.508 e. The summed E-state index contributed by atoms with van der Waals surface area (Å²) in [7, 11) is 0.